The molecule has 2 rings (SSSR count). The number of rotatable bonds is 5. The van der Waals surface area contributed by atoms with Gasteiger partial charge in [-0.1, -0.05) is 18.2 Å². The Labute approximate surface area is 116 Å². The van der Waals surface area contributed by atoms with Crippen molar-refractivity contribution in [2.24, 2.45) is 0 Å². The van der Waals surface area contributed by atoms with Crippen molar-refractivity contribution in [2.45, 2.75) is 6.54 Å². The van der Waals surface area contributed by atoms with E-state index in [9.17, 15) is 0 Å². The summed E-state index contributed by atoms with van der Waals surface area (Å²) in [6.07, 6.45) is 0. The van der Waals surface area contributed by atoms with E-state index in [1.807, 2.05) is 12.1 Å². The zero-order valence-corrected chi connectivity index (χ0v) is 12.2. The first-order valence-electron chi connectivity index (χ1n) is 7.08. The lowest BCUT2D eigenvalue weighted by Gasteiger charge is -2.35. The highest BCUT2D eigenvalue weighted by Gasteiger charge is 2.17. The molecule has 0 saturated carbocycles. The first kappa shape index (κ1) is 14.3. The van der Waals surface area contributed by atoms with Crippen LogP contribution in [-0.4, -0.2) is 68.1 Å². The van der Waals surface area contributed by atoms with E-state index in [4.69, 9.17) is 5.73 Å². The molecule has 0 spiro atoms. The van der Waals surface area contributed by atoms with Crippen LogP contribution in [0.4, 0.5) is 5.69 Å². The van der Waals surface area contributed by atoms with Crippen molar-refractivity contribution in [1.82, 2.24) is 14.7 Å². The van der Waals surface area contributed by atoms with E-state index < -0.39 is 0 Å². The maximum atomic E-state index is 6.00. The molecule has 1 heterocycles. The van der Waals surface area contributed by atoms with E-state index in [-0.39, 0.29) is 0 Å². The number of nitrogens with zero attached hydrogens (tertiary/aromatic N) is 3. The molecule has 106 valence electrons. The van der Waals surface area contributed by atoms with Crippen molar-refractivity contribution in [2.75, 3.05) is 59.1 Å². The molecule has 1 saturated heterocycles. The Hall–Kier alpha value is -1.10. The third kappa shape index (κ3) is 4.49. The smallest absolute Gasteiger partial charge is 0.0359 e. The molecule has 19 heavy (non-hydrogen) atoms. The highest BCUT2D eigenvalue weighted by atomic mass is 15.3. The third-order valence-corrected chi connectivity index (χ3v) is 3.78. The van der Waals surface area contributed by atoms with Gasteiger partial charge in [-0.05, 0) is 25.7 Å². The van der Waals surface area contributed by atoms with Gasteiger partial charge in [0.05, 0.1) is 0 Å². The molecular formula is C15H26N4. The third-order valence-electron chi connectivity index (χ3n) is 3.78. The summed E-state index contributed by atoms with van der Waals surface area (Å²) in [6, 6.07) is 8.19. The first-order chi connectivity index (χ1) is 9.15. The molecule has 0 aliphatic carbocycles. The average molecular weight is 262 g/mol. The number of nitrogens with two attached hydrogens (primary N) is 1. The fourth-order valence-corrected chi connectivity index (χ4v) is 2.43. The van der Waals surface area contributed by atoms with E-state index in [1.54, 1.807) is 0 Å². The molecule has 0 atom stereocenters. The maximum Gasteiger partial charge on any atom is 0.0359 e. The Morgan fingerprint density at radius 1 is 1.05 bits per heavy atom. The van der Waals surface area contributed by atoms with Crippen LogP contribution in [0, 0.1) is 0 Å². The molecule has 1 aliphatic rings. The minimum absolute atomic E-state index is 0.914. The highest BCUT2D eigenvalue weighted by molar-refractivity contribution is 5.46. The van der Waals surface area contributed by atoms with Gasteiger partial charge in [-0.3, -0.25) is 9.80 Å². The van der Waals surface area contributed by atoms with E-state index in [2.05, 4.69) is 40.9 Å². The van der Waals surface area contributed by atoms with Gasteiger partial charge in [0, 0.05) is 51.5 Å². The minimum atomic E-state index is 0.914. The van der Waals surface area contributed by atoms with E-state index in [1.165, 1.54) is 25.2 Å². The summed E-state index contributed by atoms with van der Waals surface area (Å²) in [5, 5.41) is 0. The quantitative estimate of drug-likeness (QED) is 0.802. The molecule has 1 aliphatic heterocycles. The summed E-state index contributed by atoms with van der Waals surface area (Å²) in [4.78, 5) is 7.29. The predicted molar refractivity (Wildman–Crippen MR) is 81.1 cm³/mol. The van der Waals surface area contributed by atoms with Gasteiger partial charge < -0.3 is 10.6 Å². The van der Waals surface area contributed by atoms with Crippen LogP contribution in [-0.2, 0) is 6.54 Å². The second-order valence-electron chi connectivity index (χ2n) is 5.62. The molecule has 1 aromatic carbocycles. The normalized spacial score (nSPS) is 18.1. The Bertz CT molecular complexity index is 383. The summed E-state index contributed by atoms with van der Waals surface area (Å²) in [5.41, 5.74) is 8.17. The number of benzene rings is 1. The lowest BCUT2D eigenvalue weighted by atomic mass is 10.1. The molecular weight excluding hydrogens is 236 g/mol. The summed E-state index contributed by atoms with van der Waals surface area (Å²) < 4.78 is 0. The van der Waals surface area contributed by atoms with E-state index in [0.29, 0.717) is 0 Å². The van der Waals surface area contributed by atoms with Gasteiger partial charge in [0.15, 0.2) is 0 Å². The van der Waals surface area contributed by atoms with Crippen LogP contribution in [0.3, 0.4) is 0 Å². The van der Waals surface area contributed by atoms with Gasteiger partial charge in [0.25, 0.3) is 0 Å². The predicted octanol–water partition coefficient (Wildman–Crippen LogP) is 0.948. The number of likely N-dealkylation sites (N-methyl/N-ethyl adjacent to an activating group) is 1. The summed E-state index contributed by atoms with van der Waals surface area (Å²) in [6.45, 7) is 7.92. The summed E-state index contributed by atoms with van der Waals surface area (Å²) in [7, 11) is 4.27. The minimum Gasteiger partial charge on any atom is -0.398 e. The number of nitrogen functional groups attached to an aromatic ring is 1. The second kappa shape index (κ2) is 6.89. The van der Waals surface area contributed by atoms with Crippen molar-refractivity contribution in [3.8, 4) is 0 Å². The number of anilines is 1. The Balaban J connectivity index is 1.76. The van der Waals surface area contributed by atoms with Gasteiger partial charge in [-0.15, -0.1) is 0 Å². The number of piperazine rings is 1. The van der Waals surface area contributed by atoms with Gasteiger partial charge >= 0.3 is 0 Å². The second-order valence-corrected chi connectivity index (χ2v) is 5.62. The molecule has 2 N–H and O–H groups in total. The molecule has 0 unspecified atom stereocenters. The SMILES string of the molecule is CN(C)CCN1CCN(Cc2ccccc2N)CC1. The molecule has 0 aromatic heterocycles. The topological polar surface area (TPSA) is 35.7 Å². The van der Waals surface area contributed by atoms with Crippen LogP contribution < -0.4 is 5.73 Å². The molecule has 4 nitrogen and oxygen atoms in total. The Morgan fingerprint density at radius 2 is 1.68 bits per heavy atom. The summed E-state index contributed by atoms with van der Waals surface area (Å²) >= 11 is 0. The fourth-order valence-electron chi connectivity index (χ4n) is 2.43. The van der Waals surface area contributed by atoms with Crippen molar-refractivity contribution in [3.05, 3.63) is 29.8 Å². The standard InChI is InChI=1S/C15H26N4/c1-17(2)7-8-18-9-11-19(12-10-18)13-14-5-3-4-6-15(14)16/h3-6H,7-13,16H2,1-2H3. The molecule has 1 aromatic rings. The fraction of sp³-hybridized carbons (Fsp3) is 0.600. The molecule has 0 amide bonds. The zero-order chi connectivity index (χ0) is 13.7. The van der Waals surface area contributed by atoms with Crippen LogP contribution in [0.1, 0.15) is 5.56 Å². The van der Waals surface area contributed by atoms with Crippen LogP contribution in [0.25, 0.3) is 0 Å². The zero-order valence-electron chi connectivity index (χ0n) is 12.2. The Kier molecular flexibility index (Phi) is 5.19. The van der Waals surface area contributed by atoms with Crippen LogP contribution in [0.15, 0.2) is 24.3 Å². The average Bonchev–Trinajstić information content (AvgIpc) is 2.40. The Morgan fingerprint density at radius 3 is 2.32 bits per heavy atom. The van der Waals surface area contributed by atoms with Gasteiger partial charge in [0.2, 0.25) is 0 Å². The van der Waals surface area contributed by atoms with Crippen molar-refractivity contribution >= 4 is 5.69 Å². The molecule has 1 fully saturated rings. The van der Waals surface area contributed by atoms with Gasteiger partial charge in [-0.2, -0.15) is 0 Å². The first-order valence-corrected chi connectivity index (χ1v) is 7.08. The molecule has 4 heteroatoms. The maximum absolute atomic E-state index is 6.00. The summed E-state index contributed by atoms with van der Waals surface area (Å²) in [5.74, 6) is 0. The van der Waals surface area contributed by atoms with Crippen molar-refractivity contribution in [1.29, 1.82) is 0 Å². The van der Waals surface area contributed by atoms with Crippen molar-refractivity contribution < 1.29 is 0 Å². The number of hydrogen-bond donors (Lipinski definition) is 1. The van der Waals surface area contributed by atoms with Crippen LogP contribution in [0.5, 0.6) is 0 Å². The monoisotopic (exact) mass is 262 g/mol. The van der Waals surface area contributed by atoms with E-state index >= 15 is 0 Å². The van der Waals surface area contributed by atoms with Crippen LogP contribution >= 0.6 is 0 Å². The lowest BCUT2D eigenvalue weighted by Crippen LogP contribution is -2.47. The van der Waals surface area contributed by atoms with Gasteiger partial charge in [0.1, 0.15) is 0 Å². The molecule has 0 bridgehead atoms. The number of para-hydroxylation sites is 1. The number of hydrogen-bond acceptors (Lipinski definition) is 4. The van der Waals surface area contributed by atoms with E-state index in [0.717, 1.165) is 31.9 Å². The van der Waals surface area contributed by atoms with Crippen molar-refractivity contribution in [3.63, 3.8) is 0 Å². The highest BCUT2D eigenvalue weighted by Crippen LogP contribution is 2.14. The lowest BCUT2D eigenvalue weighted by molar-refractivity contribution is 0.121. The van der Waals surface area contributed by atoms with Gasteiger partial charge in [-0.25, -0.2) is 0 Å². The molecule has 0 radical (unpaired) electrons. The van der Waals surface area contributed by atoms with Crippen LogP contribution in [0.2, 0.25) is 0 Å². The largest absolute Gasteiger partial charge is 0.398 e.